The van der Waals surface area contributed by atoms with Crippen LogP contribution < -0.4 is 15.4 Å². The fraction of sp³-hybridized carbons (Fsp3) is 0.100. The number of carbonyl (C=O) groups excluding carboxylic acids is 1. The van der Waals surface area contributed by atoms with Crippen molar-refractivity contribution in [2.45, 2.75) is 6.54 Å². The minimum absolute atomic E-state index is 0.126. The summed E-state index contributed by atoms with van der Waals surface area (Å²) in [5, 5.41) is 5.73. The second kappa shape index (κ2) is 8.11. The van der Waals surface area contributed by atoms with Crippen LogP contribution in [-0.4, -0.2) is 18.0 Å². The molecule has 1 aromatic heterocycles. The molecule has 0 aliphatic rings. The number of nitrogens with one attached hydrogen (secondary N) is 2. The Labute approximate surface area is 150 Å². The van der Waals surface area contributed by atoms with Gasteiger partial charge < -0.3 is 15.4 Å². The molecule has 0 saturated carbocycles. The molecule has 1 amide bonds. The summed E-state index contributed by atoms with van der Waals surface area (Å²) in [4.78, 5) is 16.3. The van der Waals surface area contributed by atoms with Crippen molar-refractivity contribution in [2.24, 2.45) is 0 Å². The second-order valence-electron chi connectivity index (χ2n) is 5.57. The van der Waals surface area contributed by atoms with E-state index in [-0.39, 0.29) is 11.4 Å². The first-order valence-electron chi connectivity index (χ1n) is 8.04. The number of pyridine rings is 1. The lowest BCUT2D eigenvalue weighted by atomic mass is 10.2. The van der Waals surface area contributed by atoms with Crippen molar-refractivity contribution in [2.75, 3.05) is 17.7 Å². The van der Waals surface area contributed by atoms with E-state index in [0.717, 1.165) is 17.0 Å². The minimum atomic E-state index is -0.487. The molecular weight excluding hydrogens is 333 g/mol. The van der Waals surface area contributed by atoms with Crippen LogP contribution in [0.15, 0.2) is 66.9 Å². The van der Waals surface area contributed by atoms with E-state index in [9.17, 15) is 9.18 Å². The minimum Gasteiger partial charge on any atom is -0.497 e. The Morgan fingerprint density at radius 3 is 2.50 bits per heavy atom. The van der Waals surface area contributed by atoms with Gasteiger partial charge in [-0.05, 0) is 42.0 Å². The number of hydrogen-bond donors (Lipinski definition) is 2. The Hall–Kier alpha value is -3.41. The third kappa shape index (κ3) is 4.36. The molecule has 1 heterocycles. The van der Waals surface area contributed by atoms with Gasteiger partial charge in [0.25, 0.3) is 5.91 Å². The highest BCUT2D eigenvalue weighted by Crippen LogP contribution is 2.15. The van der Waals surface area contributed by atoms with Crippen LogP contribution in [0.2, 0.25) is 0 Å². The lowest BCUT2D eigenvalue weighted by molar-refractivity contribution is 0.102. The van der Waals surface area contributed by atoms with Crippen LogP contribution in [0.25, 0.3) is 0 Å². The first-order valence-corrected chi connectivity index (χ1v) is 8.04. The summed E-state index contributed by atoms with van der Waals surface area (Å²) in [6.45, 7) is 0.618. The van der Waals surface area contributed by atoms with Crippen molar-refractivity contribution in [3.05, 3.63) is 83.9 Å². The Bertz CT molecular complexity index is 880. The molecule has 3 rings (SSSR count). The number of para-hydroxylation sites is 1. The number of nitrogens with zero attached hydrogens (tertiary/aromatic N) is 1. The smallest absolute Gasteiger partial charge is 0.274 e. The van der Waals surface area contributed by atoms with Gasteiger partial charge in [-0.3, -0.25) is 4.79 Å². The zero-order valence-corrected chi connectivity index (χ0v) is 14.2. The number of carbonyl (C=O) groups is 1. The topological polar surface area (TPSA) is 63.2 Å². The summed E-state index contributed by atoms with van der Waals surface area (Å²) in [5.41, 5.74) is 2.21. The van der Waals surface area contributed by atoms with Crippen LogP contribution in [0.1, 0.15) is 16.1 Å². The van der Waals surface area contributed by atoms with Crippen molar-refractivity contribution >= 4 is 17.3 Å². The normalized spacial score (nSPS) is 10.2. The maximum atomic E-state index is 13.6. The van der Waals surface area contributed by atoms with Gasteiger partial charge in [-0.25, -0.2) is 9.37 Å². The number of halogens is 1. The molecule has 0 radical (unpaired) electrons. The Morgan fingerprint density at radius 2 is 1.85 bits per heavy atom. The average molecular weight is 351 g/mol. The van der Waals surface area contributed by atoms with Crippen molar-refractivity contribution in [1.29, 1.82) is 0 Å². The molecule has 0 fully saturated rings. The summed E-state index contributed by atoms with van der Waals surface area (Å²) < 4.78 is 18.7. The Kier molecular flexibility index (Phi) is 5.43. The van der Waals surface area contributed by atoms with E-state index >= 15 is 0 Å². The highest BCUT2D eigenvalue weighted by atomic mass is 19.1. The highest BCUT2D eigenvalue weighted by Gasteiger charge is 2.10. The zero-order valence-electron chi connectivity index (χ0n) is 14.2. The molecule has 2 aromatic carbocycles. The summed E-state index contributed by atoms with van der Waals surface area (Å²) in [6.07, 6.45) is 1.57. The number of ether oxygens (including phenoxy) is 1. The van der Waals surface area contributed by atoms with Crippen molar-refractivity contribution < 1.29 is 13.9 Å². The van der Waals surface area contributed by atoms with Gasteiger partial charge >= 0.3 is 0 Å². The molecule has 5 nitrogen and oxygen atoms in total. The number of methoxy groups -OCH3 is 1. The number of amides is 1. The largest absolute Gasteiger partial charge is 0.497 e. The van der Waals surface area contributed by atoms with E-state index < -0.39 is 11.7 Å². The van der Waals surface area contributed by atoms with Crippen molar-refractivity contribution in [3.8, 4) is 5.75 Å². The van der Waals surface area contributed by atoms with E-state index in [1.54, 1.807) is 37.6 Å². The fourth-order valence-corrected chi connectivity index (χ4v) is 2.33. The molecule has 0 unspecified atom stereocenters. The average Bonchev–Trinajstić information content (AvgIpc) is 2.69. The van der Waals surface area contributed by atoms with Gasteiger partial charge in [0.05, 0.1) is 24.7 Å². The maximum absolute atomic E-state index is 13.6. The van der Waals surface area contributed by atoms with Gasteiger partial charge in [0.2, 0.25) is 0 Å². The van der Waals surface area contributed by atoms with Gasteiger partial charge in [0.1, 0.15) is 17.3 Å². The second-order valence-corrected chi connectivity index (χ2v) is 5.57. The highest BCUT2D eigenvalue weighted by molar-refractivity contribution is 6.03. The van der Waals surface area contributed by atoms with Crippen LogP contribution >= 0.6 is 0 Å². The summed E-state index contributed by atoms with van der Waals surface area (Å²) in [6, 6.07) is 17.1. The van der Waals surface area contributed by atoms with E-state index in [4.69, 9.17) is 4.74 Å². The molecule has 132 valence electrons. The van der Waals surface area contributed by atoms with E-state index in [2.05, 4.69) is 15.6 Å². The van der Waals surface area contributed by atoms with Crippen LogP contribution in [0.4, 0.5) is 15.8 Å². The lowest BCUT2D eigenvalue weighted by Crippen LogP contribution is -2.14. The molecule has 2 N–H and O–H groups in total. The zero-order chi connectivity index (χ0) is 18.4. The number of rotatable bonds is 6. The molecule has 3 aromatic rings. The third-order valence-corrected chi connectivity index (χ3v) is 3.77. The van der Waals surface area contributed by atoms with E-state index in [1.165, 1.54) is 12.1 Å². The summed E-state index contributed by atoms with van der Waals surface area (Å²) >= 11 is 0. The molecular formula is C20H18FN3O2. The standard InChI is InChI=1S/C20H18FN3O2/c1-26-16-9-6-14(7-10-16)12-22-15-8-11-19(23-13-15)20(25)24-18-5-3-2-4-17(18)21/h2-11,13,22H,12H2,1H3,(H,24,25). The molecule has 0 aliphatic heterocycles. The van der Waals surface area contributed by atoms with Crippen LogP contribution in [0.3, 0.4) is 0 Å². The Balaban J connectivity index is 1.59. The van der Waals surface area contributed by atoms with Gasteiger partial charge in [-0.1, -0.05) is 24.3 Å². The van der Waals surface area contributed by atoms with Crippen molar-refractivity contribution in [3.63, 3.8) is 0 Å². The number of benzene rings is 2. The van der Waals surface area contributed by atoms with Gasteiger partial charge in [0.15, 0.2) is 0 Å². The number of anilines is 2. The van der Waals surface area contributed by atoms with Crippen LogP contribution in [-0.2, 0) is 6.54 Å². The van der Waals surface area contributed by atoms with Gasteiger partial charge in [-0.15, -0.1) is 0 Å². The van der Waals surface area contributed by atoms with Gasteiger partial charge in [-0.2, -0.15) is 0 Å². The molecule has 6 heteroatoms. The molecule has 0 saturated heterocycles. The molecule has 0 aliphatic carbocycles. The summed E-state index contributed by atoms with van der Waals surface area (Å²) in [5.74, 6) is -0.143. The fourth-order valence-electron chi connectivity index (χ4n) is 2.33. The van der Waals surface area contributed by atoms with E-state index in [1.807, 2.05) is 24.3 Å². The first kappa shape index (κ1) is 17.4. The number of aromatic nitrogens is 1. The lowest BCUT2D eigenvalue weighted by Gasteiger charge is -2.09. The predicted octanol–water partition coefficient (Wildman–Crippen LogP) is 4.09. The molecule has 26 heavy (non-hydrogen) atoms. The van der Waals surface area contributed by atoms with Crippen LogP contribution in [0.5, 0.6) is 5.75 Å². The van der Waals surface area contributed by atoms with Crippen molar-refractivity contribution in [1.82, 2.24) is 4.98 Å². The first-order chi connectivity index (χ1) is 12.7. The summed E-state index contributed by atoms with van der Waals surface area (Å²) in [7, 11) is 1.63. The SMILES string of the molecule is COc1ccc(CNc2ccc(C(=O)Nc3ccccc3F)nc2)cc1. The molecule has 0 spiro atoms. The molecule has 0 atom stereocenters. The maximum Gasteiger partial charge on any atom is 0.274 e. The quantitative estimate of drug-likeness (QED) is 0.702. The van der Waals surface area contributed by atoms with E-state index in [0.29, 0.717) is 6.54 Å². The Morgan fingerprint density at radius 1 is 1.08 bits per heavy atom. The molecule has 0 bridgehead atoms. The van der Waals surface area contributed by atoms with Gasteiger partial charge in [0, 0.05) is 6.54 Å². The number of hydrogen-bond acceptors (Lipinski definition) is 4. The third-order valence-electron chi connectivity index (χ3n) is 3.77. The van der Waals surface area contributed by atoms with Crippen LogP contribution in [0, 0.1) is 5.82 Å². The monoisotopic (exact) mass is 351 g/mol. The predicted molar refractivity (Wildman–Crippen MR) is 98.9 cm³/mol.